The molecule has 4 rings (SSSR count). The van der Waals surface area contributed by atoms with E-state index in [0.29, 0.717) is 28.0 Å². The minimum Gasteiger partial charge on any atom is -0.497 e. The number of imidazole rings is 1. The van der Waals surface area contributed by atoms with Crippen molar-refractivity contribution in [1.29, 1.82) is 0 Å². The van der Waals surface area contributed by atoms with E-state index in [-0.39, 0.29) is 24.0 Å². The molecule has 2 heterocycles. The monoisotopic (exact) mass is 436 g/mol. The van der Waals surface area contributed by atoms with Crippen LogP contribution in [0.4, 0.5) is 5.82 Å². The summed E-state index contributed by atoms with van der Waals surface area (Å²) in [5.41, 5.74) is 2.17. The maximum Gasteiger partial charge on any atom is 0.236 e. The highest BCUT2D eigenvalue weighted by Gasteiger charge is 2.17. The van der Waals surface area contributed by atoms with Gasteiger partial charge in [0.15, 0.2) is 16.8 Å². The molecule has 0 aliphatic heterocycles. The van der Waals surface area contributed by atoms with E-state index in [1.54, 1.807) is 44.4 Å². The number of aromatic nitrogens is 3. The summed E-state index contributed by atoms with van der Waals surface area (Å²) in [6.45, 7) is 1.86. The maximum absolute atomic E-state index is 12.9. The summed E-state index contributed by atoms with van der Waals surface area (Å²) in [5, 5.41) is 7.03. The lowest BCUT2D eigenvalue weighted by Crippen LogP contribution is -2.16. The van der Waals surface area contributed by atoms with Crippen LogP contribution in [0.1, 0.15) is 16.1 Å². The number of methoxy groups -OCH3 is 1. The molecule has 2 aromatic heterocycles. The van der Waals surface area contributed by atoms with Gasteiger partial charge in [0.1, 0.15) is 11.5 Å². The number of hydrogen-bond acceptors (Lipinski definition) is 7. The van der Waals surface area contributed by atoms with Crippen molar-refractivity contribution in [3.63, 3.8) is 0 Å². The number of rotatable bonds is 8. The minimum atomic E-state index is -0.238. The molecule has 0 atom stereocenters. The Bertz CT molecular complexity index is 1230. The van der Waals surface area contributed by atoms with Crippen LogP contribution >= 0.6 is 11.8 Å². The van der Waals surface area contributed by atoms with Gasteiger partial charge in [-0.25, -0.2) is 4.98 Å². The lowest BCUT2D eigenvalue weighted by atomic mass is 10.1. The zero-order chi connectivity index (χ0) is 21.8. The van der Waals surface area contributed by atoms with Crippen molar-refractivity contribution in [2.24, 2.45) is 0 Å². The number of Topliss-reactive ketones (excluding diaryl/α,β-unsaturated/α-hetero) is 1. The summed E-state index contributed by atoms with van der Waals surface area (Å²) in [4.78, 5) is 29.8. The van der Waals surface area contributed by atoms with Gasteiger partial charge in [0.2, 0.25) is 5.91 Å². The van der Waals surface area contributed by atoms with E-state index in [4.69, 9.17) is 9.26 Å². The van der Waals surface area contributed by atoms with Crippen molar-refractivity contribution < 1.29 is 18.8 Å². The van der Waals surface area contributed by atoms with E-state index in [9.17, 15) is 9.59 Å². The maximum atomic E-state index is 12.9. The number of carbonyl (C=O) groups excluding carboxylic acids is 2. The van der Waals surface area contributed by atoms with Crippen molar-refractivity contribution in [2.75, 3.05) is 18.2 Å². The van der Waals surface area contributed by atoms with Gasteiger partial charge in [0, 0.05) is 11.6 Å². The molecule has 158 valence electrons. The van der Waals surface area contributed by atoms with E-state index in [0.717, 1.165) is 11.0 Å². The van der Waals surface area contributed by atoms with Gasteiger partial charge < -0.3 is 19.1 Å². The molecule has 0 aliphatic carbocycles. The number of carbonyl (C=O) groups is 2. The van der Waals surface area contributed by atoms with E-state index < -0.39 is 0 Å². The van der Waals surface area contributed by atoms with Gasteiger partial charge in [-0.1, -0.05) is 29.1 Å². The molecule has 2 aromatic carbocycles. The van der Waals surface area contributed by atoms with Crippen molar-refractivity contribution in [3.05, 3.63) is 65.9 Å². The van der Waals surface area contributed by atoms with E-state index in [2.05, 4.69) is 15.5 Å². The molecule has 0 aliphatic rings. The van der Waals surface area contributed by atoms with Crippen molar-refractivity contribution in [3.8, 4) is 5.75 Å². The lowest BCUT2D eigenvalue weighted by Gasteiger charge is -2.09. The molecule has 0 radical (unpaired) electrons. The average Bonchev–Trinajstić information content (AvgIpc) is 3.35. The number of benzene rings is 2. The molecule has 8 nitrogen and oxygen atoms in total. The number of fused-ring (bicyclic) bond motifs is 1. The van der Waals surface area contributed by atoms with Gasteiger partial charge in [-0.2, -0.15) is 0 Å². The van der Waals surface area contributed by atoms with Crippen LogP contribution in [0.5, 0.6) is 5.75 Å². The third-order valence-corrected chi connectivity index (χ3v) is 5.54. The fraction of sp³-hybridized carbons (Fsp3) is 0.182. The van der Waals surface area contributed by atoms with Crippen LogP contribution in [0.3, 0.4) is 0 Å². The Kier molecular flexibility index (Phi) is 6.03. The zero-order valence-electron chi connectivity index (χ0n) is 17.0. The summed E-state index contributed by atoms with van der Waals surface area (Å²) in [6.07, 6.45) is 0. The molecule has 0 saturated carbocycles. The number of nitrogens with zero attached hydrogens (tertiary/aromatic N) is 3. The topological polar surface area (TPSA) is 99.2 Å². The Morgan fingerprint density at radius 3 is 2.65 bits per heavy atom. The van der Waals surface area contributed by atoms with Gasteiger partial charge >= 0.3 is 0 Å². The first-order chi connectivity index (χ1) is 15.0. The summed E-state index contributed by atoms with van der Waals surface area (Å²) >= 11 is 1.26. The Balaban J connectivity index is 1.52. The number of ketones is 1. The van der Waals surface area contributed by atoms with Crippen LogP contribution in [0.2, 0.25) is 0 Å². The molecule has 0 bridgehead atoms. The van der Waals surface area contributed by atoms with Crippen LogP contribution in [-0.2, 0) is 11.3 Å². The molecule has 31 heavy (non-hydrogen) atoms. The van der Waals surface area contributed by atoms with Crippen LogP contribution in [0, 0.1) is 6.92 Å². The summed E-state index contributed by atoms with van der Waals surface area (Å²) in [6, 6.07) is 16.2. The average molecular weight is 436 g/mol. The molecule has 1 N–H and O–H groups in total. The number of para-hydroxylation sites is 2. The first-order valence-electron chi connectivity index (χ1n) is 9.52. The van der Waals surface area contributed by atoms with Crippen LogP contribution in [0.25, 0.3) is 11.0 Å². The van der Waals surface area contributed by atoms with E-state index in [1.807, 2.05) is 28.8 Å². The van der Waals surface area contributed by atoms with Gasteiger partial charge in [-0.15, -0.1) is 0 Å². The SMILES string of the molecule is COc1ccc(C(=O)Cn2c(SCC(=O)Nc3cc(C)on3)nc3ccccc32)cc1. The number of amides is 1. The number of aryl methyl sites for hydroxylation is 1. The van der Waals surface area contributed by atoms with Gasteiger partial charge in [-0.3, -0.25) is 9.59 Å². The van der Waals surface area contributed by atoms with Gasteiger partial charge in [0.05, 0.1) is 30.4 Å². The first kappa shape index (κ1) is 20.7. The van der Waals surface area contributed by atoms with Crippen molar-refractivity contribution >= 4 is 40.3 Å². The number of hydrogen-bond donors (Lipinski definition) is 1. The lowest BCUT2D eigenvalue weighted by molar-refractivity contribution is -0.113. The highest BCUT2D eigenvalue weighted by Crippen LogP contribution is 2.25. The molecule has 9 heteroatoms. The molecule has 1 amide bonds. The molecule has 0 unspecified atom stereocenters. The number of ether oxygens (including phenoxy) is 1. The van der Waals surface area contributed by atoms with Crippen LogP contribution in [-0.4, -0.2) is 39.3 Å². The fourth-order valence-corrected chi connectivity index (χ4v) is 3.88. The van der Waals surface area contributed by atoms with Gasteiger partial charge in [0.25, 0.3) is 0 Å². The van der Waals surface area contributed by atoms with Gasteiger partial charge in [-0.05, 0) is 43.3 Å². The zero-order valence-corrected chi connectivity index (χ0v) is 17.8. The van der Waals surface area contributed by atoms with Crippen molar-refractivity contribution in [2.45, 2.75) is 18.6 Å². The van der Waals surface area contributed by atoms with E-state index in [1.165, 1.54) is 11.8 Å². The number of anilines is 1. The first-order valence-corrected chi connectivity index (χ1v) is 10.5. The molecular weight excluding hydrogens is 416 g/mol. The predicted octanol–water partition coefficient (Wildman–Crippen LogP) is 3.96. The predicted molar refractivity (Wildman–Crippen MR) is 118 cm³/mol. The molecule has 0 saturated heterocycles. The smallest absolute Gasteiger partial charge is 0.236 e. The third-order valence-electron chi connectivity index (χ3n) is 4.56. The van der Waals surface area contributed by atoms with Crippen molar-refractivity contribution in [1.82, 2.24) is 14.7 Å². The quantitative estimate of drug-likeness (QED) is 0.330. The Hall–Kier alpha value is -3.59. The number of nitrogens with one attached hydrogen (secondary N) is 1. The Morgan fingerprint density at radius 2 is 1.94 bits per heavy atom. The molecule has 0 spiro atoms. The normalized spacial score (nSPS) is 10.9. The highest BCUT2D eigenvalue weighted by atomic mass is 32.2. The molecule has 4 aromatic rings. The Labute approximate surface area is 182 Å². The largest absolute Gasteiger partial charge is 0.497 e. The summed E-state index contributed by atoms with van der Waals surface area (Å²) in [7, 11) is 1.58. The standard InChI is InChI=1S/C22H20N4O4S/c1-14-11-20(25-30-14)24-21(28)13-31-22-23-17-5-3-4-6-18(17)26(22)12-19(27)15-7-9-16(29-2)10-8-15/h3-11H,12-13H2,1-2H3,(H,24,25,28). The minimum absolute atomic E-state index is 0.0600. The Morgan fingerprint density at radius 1 is 1.16 bits per heavy atom. The second kappa shape index (κ2) is 9.05. The second-order valence-electron chi connectivity index (χ2n) is 6.78. The molecular formula is C22H20N4O4S. The number of thioether (sulfide) groups is 1. The summed E-state index contributed by atoms with van der Waals surface area (Å²) in [5.74, 6) is 1.49. The summed E-state index contributed by atoms with van der Waals surface area (Å²) < 4.78 is 11.9. The van der Waals surface area contributed by atoms with Crippen LogP contribution in [0.15, 0.2) is 64.3 Å². The fourth-order valence-electron chi connectivity index (χ4n) is 3.06. The highest BCUT2D eigenvalue weighted by molar-refractivity contribution is 7.99. The van der Waals surface area contributed by atoms with E-state index >= 15 is 0 Å². The van der Waals surface area contributed by atoms with Crippen LogP contribution < -0.4 is 10.1 Å². The molecule has 0 fully saturated rings. The third kappa shape index (κ3) is 4.77. The second-order valence-corrected chi connectivity index (χ2v) is 7.72.